The maximum Gasteiger partial charge on any atom is 0.256 e. The minimum Gasteiger partial charge on any atom is -0.321 e. The van der Waals surface area contributed by atoms with Crippen LogP contribution in [0.1, 0.15) is 31.9 Å². The van der Waals surface area contributed by atoms with Crippen LogP contribution in [0.25, 0.3) is 11.6 Å². The van der Waals surface area contributed by atoms with Crippen LogP contribution in [0.4, 0.5) is 5.69 Å². The zero-order chi connectivity index (χ0) is 17.7. The smallest absolute Gasteiger partial charge is 0.256 e. The Morgan fingerprint density at radius 3 is 2.58 bits per heavy atom. The van der Waals surface area contributed by atoms with Crippen molar-refractivity contribution in [3.05, 3.63) is 41.7 Å². The van der Waals surface area contributed by atoms with Gasteiger partial charge in [-0.1, -0.05) is 0 Å². The molecule has 0 unspecified atom stereocenters. The molecule has 126 valence electrons. The van der Waals surface area contributed by atoms with Gasteiger partial charge in [-0.25, -0.2) is 13.6 Å². The molecule has 24 heavy (non-hydrogen) atoms. The SMILES string of the molecule is CC(C)(C)n1cc(/C=C2\C(=O)Nc3ccc(S(N)(=O)=O)cc32)cn1. The molecule has 0 radical (unpaired) electrons. The van der Waals surface area contributed by atoms with E-state index in [9.17, 15) is 13.2 Å². The van der Waals surface area contributed by atoms with Crippen LogP contribution < -0.4 is 10.5 Å². The van der Waals surface area contributed by atoms with E-state index >= 15 is 0 Å². The van der Waals surface area contributed by atoms with Crippen LogP contribution in [0.15, 0.2) is 35.5 Å². The molecule has 2 aromatic rings. The van der Waals surface area contributed by atoms with Gasteiger partial charge in [0.15, 0.2) is 0 Å². The number of hydrogen-bond acceptors (Lipinski definition) is 4. The monoisotopic (exact) mass is 346 g/mol. The molecule has 0 spiro atoms. The minimum atomic E-state index is -3.84. The van der Waals surface area contributed by atoms with Crippen LogP contribution in [0.5, 0.6) is 0 Å². The predicted molar refractivity (Wildman–Crippen MR) is 91.5 cm³/mol. The van der Waals surface area contributed by atoms with Gasteiger partial charge in [0.25, 0.3) is 5.91 Å². The number of nitrogens with one attached hydrogen (secondary N) is 1. The number of hydrogen-bond donors (Lipinski definition) is 2. The molecule has 2 heterocycles. The number of nitrogens with zero attached hydrogens (tertiary/aromatic N) is 2. The molecule has 3 N–H and O–H groups in total. The van der Waals surface area contributed by atoms with Crippen molar-refractivity contribution in [2.24, 2.45) is 5.14 Å². The summed E-state index contributed by atoms with van der Waals surface area (Å²) in [7, 11) is -3.84. The van der Waals surface area contributed by atoms with E-state index in [1.54, 1.807) is 17.0 Å². The van der Waals surface area contributed by atoms with E-state index in [2.05, 4.69) is 10.4 Å². The summed E-state index contributed by atoms with van der Waals surface area (Å²) >= 11 is 0. The van der Waals surface area contributed by atoms with Crippen molar-refractivity contribution >= 4 is 33.3 Å². The molecule has 8 heteroatoms. The lowest BCUT2D eigenvalue weighted by Crippen LogP contribution is -2.21. The van der Waals surface area contributed by atoms with Crippen LogP contribution in [-0.2, 0) is 20.4 Å². The number of sulfonamides is 1. The number of carbonyl (C=O) groups excluding carboxylic acids is 1. The molecule has 1 aromatic carbocycles. The summed E-state index contributed by atoms with van der Waals surface area (Å²) in [5.74, 6) is -0.292. The average molecular weight is 346 g/mol. The summed E-state index contributed by atoms with van der Waals surface area (Å²) in [6, 6.07) is 4.31. The van der Waals surface area contributed by atoms with Gasteiger partial charge >= 0.3 is 0 Å². The predicted octanol–water partition coefficient (Wildman–Crippen LogP) is 1.78. The van der Waals surface area contributed by atoms with Crippen molar-refractivity contribution in [1.82, 2.24) is 9.78 Å². The van der Waals surface area contributed by atoms with Crippen molar-refractivity contribution in [1.29, 1.82) is 0 Å². The Labute approximate surface area is 140 Å². The maximum atomic E-state index is 12.2. The lowest BCUT2D eigenvalue weighted by molar-refractivity contribution is -0.110. The molecule has 1 aliphatic heterocycles. The number of aromatic nitrogens is 2. The minimum absolute atomic E-state index is 0.0333. The standard InChI is InChI=1S/C16H18N4O3S/c1-16(2,3)20-9-10(8-18-20)6-13-12-7-11(24(17,22)23)4-5-14(12)19-15(13)21/h4-9H,1-3H3,(H,19,21)(H2,17,22,23)/b13-6-. The van der Waals surface area contributed by atoms with Gasteiger partial charge in [0, 0.05) is 28.6 Å². The van der Waals surface area contributed by atoms with Crippen LogP contribution >= 0.6 is 0 Å². The average Bonchev–Trinajstić information content (AvgIpc) is 3.03. The van der Waals surface area contributed by atoms with Crippen molar-refractivity contribution in [2.45, 2.75) is 31.2 Å². The number of nitrogens with two attached hydrogens (primary N) is 1. The molecule has 0 saturated heterocycles. The normalized spacial score (nSPS) is 16.3. The maximum absolute atomic E-state index is 12.2. The first-order valence-electron chi connectivity index (χ1n) is 7.31. The Bertz CT molecular complexity index is 965. The highest BCUT2D eigenvalue weighted by Crippen LogP contribution is 2.34. The third kappa shape index (κ3) is 2.98. The van der Waals surface area contributed by atoms with Crippen LogP contribution in [0.3, 0.4) is 0 Å². The first kappa shape index (κ1) is 16.4. The second kappa shape index (κ2) is 5.29. The fraction of sp³-hybridized carbons (Fsp3) is 0.250. The van der Waals surface area contributed by atoms with Gasteiger partial charge in [0.05, 0.1) is 16.6 Å². The van der Waals surface area contributed by atoms with Gasteiger partial charge < -0.3 is 5.32 Å². The summed E-state index contributed by atoms with van der Waals surface area (Å²) in [6.07, 6.45) is 5.18. The molecular weight excluding hydrogens is 328 g/mol. The van der Waals surface area contributed by atoms with Crippen LogP contribution in [0, 0.1) is 0 Å². The highest BCUT2D eigenvalue weighted by molar-refractivity contribution is 7.89. The summed E-state index contributed by atoms with van der Waals surface area (Å²) in [5, 5.41) is 12.2. The molecule has 1 aliphatic rings. The Hall–Kier alpha value is -2.45. The molecule has 1 aromatic heterocycles. The molecular formula is C16H18N4O3S. The third-order valence-electron chi connectivity index (χ3n) is 3.70. The number of benzene rings is 1. The van der Waals surface area contributed by atoms with E-state index in [1.807, 2.05) is 27.0 Å². The number of amides is 1. The number of rotatable bonds is 2. The number of carbonyl (C=O) groups is 1. The van der Waals surface area contributed by atoms with Gasteiger partial charge in [0.1, 0.15) is 0 Å². The summed E-state index contributed by atoms with van der Waals surface area (Å²) in [5.41, 5.74) is 2.03. The second-order valence-corrected chi connectivity index (χ2v) is 8.22. The Kier molecular flexibility index (Phi) is 3.61. The molecule has 0 fully saturated rings. The number of anilines is 1. The lowest BCUT2D eigenvalue weighted by Gasteiger charge is -2.18. The van der Waals surface area contributed by atoms with E-state index in [0.717, 1.165) is 5.56 Å². The van der Waals surface area contributed by atoms with Gasteiger partial charge in [-0.05, 0) is 45.0 Å². The number of primary sulfonamides is 1. The van der Waals surface area contributed by atoms with Crippen molar-refractivity contribution in [3.63, 3.8) is 0 Å². The largest absolute Gasteiger partial charge is 0.321 e. The molecule has 0 saturated carbocycles. The van der Waals surface area contributed by atoms with Gasteiger partial charge in [-0.2, -0.15) is 5.10 Å². The lowest BCUT2D eigenvalue weighted by atomic mass is 10.1. The zero-order valence-corrected chi connectivity index (χ0v) is 14.4. The van der Waals surface area contributed by atoms with Crippen LogP contribution in [0.2, 0.25) is 0 Å². The summed E-state index contributed by atoms with van der Waals surface area (Å²) < 4.78 is 24.9. The van der Waals surface area contributed by atoms with E-state index in [4.69, 9.17) is 5.14 Å². The van der Waals surface area contributed by atoms with Gasteiger partial charge in [-0.3, -0.25) is 9.48 Å². The Morgan fingerprint density at radius 2 is 2.00 bits per heavy atom. The first-order chi connectivity index (χ1) is 11.1. The van der Waals surface area contributed by atoms with E-state index in [0.29, 0.717) is 16.8 Å². The fourth-order valence-corrected chi connectivity index (χ4v) is 2.97. The topological polar surface area (TPSA) is 107 Å². The summed E-state index contributed by atoms with van der Waals surface area (Å²) in [4.78, 5) is 12.2. The summed E-state index contributed by atoms with van der Waals surface area (Å²) in [6.45, 7) is 6.06. The van der Waals surface area contributed by atoms with E-state index in [1.165, 1.54) is 18.2 Å². The van der Waals surface area contributed by atoms with Crippen molar-refractivity contribution in [2.75, 3.05) is 5.32 Å². The molecule has 0 atom stereocenters. The first-order valence-corrected chi connectivity index (χ1v) is 8.86. The highest BCUT2D eigenvalue weighted by atomic mass is 32.2. The van der Waals surface area contributed by atoms with Crippen LogP contribution in [-0.4, -0.2) is 24.1 Å². The van der Waals surface area contributed by atoms with E-state index in [-0.39, 0.29) is 16.3 Å². The molecule has 7 nitrogen and oxygen atoms in total. The van der Waals surface area contributed by atoms with Crippen molar-refractivity contribution < 1.29 is 13.2 Å². The van der Waals surface area contributed by atoms with Gasteiger partial charge in [0.2, 0.25) is 10.0 Å². The Balaban J connectivity index is 2.07. The Morgan fingerprint density at radius 1 is 1.29 bits per heavy atom. The molecule has 1 amide bonds. The highest BCUT2D eigenvalue weighted by Gasteiger charge is 2.26. The van der Waals surface area contributed by atoms with Gasteiger partial charge in [-0.15, -0.1) is 0 Å². The molecule has 3 rings (SSSR count). The molecule has 0 bridgehead atoms. The van der Waals surface area contributed by atoms with Crippen molar-refractivity contribution in [3.8, 4) is 0 Å². The van der Waals surface area contributed by atoms with E-state index < -0.39 is 10.0 Å². The molecule has 0 aliphatic carbocycles. The zero-order valence-electron chi connectivity index (χ0n) is 13.6. The quantitative estimate of drug-likeness (QED) is 0.808. The number of fused-ring (bicyclic) bond motifs is 1. The second-order valence-electron chi connectivity index (χ2n) is 6.65. The fourth-order valence-electron chi connectivity index (χ4n) is 2.43. The third-order valence-corrected chi connectivity index (χ3v) is 4.61.